The van der Waals surface area contributed by atoms with E-state index in [4.69, 9.17) is 0 Å². The second-order valence-corrected chi connectivity index (χ2v) is 6.25. The van der Waals surface area contributed by atoms with E-state index in [1.54, 1.807) is 0 Å². The van der Waals surface area contributed by atoms with Gasteiger partial charge in [-0.2, -0.15) is 0 Å². The van der Waals surface area contributed by atoms with Crippen LogP contribution in [-0.2, 0) is 5.41 Å². The van der Waals surface area contributed by atoms with Crippen LogP contribution in [0.3, 0.4) is 0 Å². The van der Waals surface area contributed by atoms with Crippen LogP contribution < -0.4 is 0 Å². The summed E-state index contributed by atoms with van der Waals surface area (Å²) in [6.45, 7) is 10.6. The van der Waals surface area contributed by atoms with Gasteiger partial charge in [-0.15, -0.1) is 0 Å². The standard InChI is InChI=1S/C19H19N/c1-5-18-17-8-6-13-12-14(19(2,3)4)7-9-15(13)16(17)10-11-20-18/h5-12H,1H2,2-4H3. The second kappa shape index (κ2) is 4.45. The summed E-state index contributed by atoms with van der Waals surface area (Å²) < 4.78 is 0. The average molecular weight is 261 g/mol. The smallest absolute Gasteiger partial charge is 0.0702 e. The van der Waals surface area contributed by atoms with Gasteiger partial charge >= 0.3 is 0 Å². The maximum atomic E-state index is 4.37. The van der Waals surface area contributed by atoms with E-state index in [0.29, 0.717) is 0 Å². The Morgan fingerprint density at radius 2 is 1.70 bits per heavy atom. The number of benzene rings is 2. The van der Waals surface area contributed by atoms with Crippen LogP contribution in [0.25, 0.3) is 27.6 Å². The topological polar surface area (TPSA) is 12.9 Å². The van der Waals surface area contributed by atoms with Crippen molar-refractivity contribution in [1.82, 2.24) is 4.98 Å². The fraction of sp³-hybridized carbons (Fsp3) is 0.211. The van der Waals surface area contributed by atoms with Crippen LogP contribution in [0.5, 0.6) is 0 Å². The molecule has 20 heavy (non-hydrogen) atoms. The molecule has 0 aliphatic heterocycles. The molecule has 0 radical (unpaired) electrons. The highest BCUT2D eigenvalue weighted by atomic mass is 14.7. The molecule has 0 N–H and O–H groups in total. The zero-order valence-electron chi connectivity index (χ0n) is 12.3. The molecule has 0 saturated heterocycles. The van der Waals surface area contributed by atoms with E-state index in [1.165, 1.54) is 27.1 Å². The Labute approximate surface area is 120 Å². The Morgan fingerprint density at radius 1 is 0.950 bits per heavy atom. The van der Waals surface area contributed by atoms with Gasteiger partial charge in [-0.25, -0.2) is 0 Å². The van der Waals surface area contributed by atoms with Gasteiger partial charge in [-0.1, -0.05) is 57.7 Å². The third-order valence-electron chi connectivity index (χ3n) is 3.85. The summed E-state index contributed by atoms with van der Waals surface area (Å²) in [7, 11) is 0. The first-order valence-electron chi connectivity index (χ1n) is 6.95. The highest BCUT2D eigenvalue weighted by Gasteiger charge is 2.14. The lowest BCUT2D eigenvalue weighted by Crippen LogP contribution is -2.10. The Kier molecular flexibility index (Phi) is 2.86. The molecule has 3 rings (SSSR count). The molecule has 1 heterocycles. The Hall–Kier alpha value is -2.15. The van der Waals surface area contributed by atoms with Crippen molar-refractivity contribution in [1.29, 1.82) is 0 Å². The van der Waals surface area contributed by atoms with Crippen molar-refractivity contribution in [3.63, 3.8) is 0 Å². The predicted molar refractivity (Wildman–Crippen MR) is 88.0 cm³/mol. The number of aromatic nitrogens is 1. The highest BCUT2D eigenvalue weighted by Crippen LogP contribution is 2.31. The molecule has 0 unspecified atom stereocenters. The SMILES string of the molecule is C=Cc1nccc2c1ccc1cc(C(C)(C)C)ccc12. The van der Waals surface area contributed by atoms with Crippen molar-refractivity contribution in [2.75, 3.05) is 0 Å². The van der Waals surface area contributed by atoms with Gasteiger partial charge in [0.1, 0.15) is 0 Å². The van der Waals surface area contributed by atoms with Gasteiger partial charge < -0.3 is 0 Å². The molecule has 1 aromatic heterocycles. The summed E-state index contributed by atoms with van der Waals surface area (Å²) in [4.78, 5) is 4.37. The van der Waals surface area contributed by atoms with Gasteiger partial charge in [0.2, 0.25) is 0 Å². The van der Waals surface area contributed by atoms with Crippen LogP contribution in [0, 0.1) is 0 Å². The summed E-state index contributed by atoms with van der Waals surface area (Å²) in [5.74, 6) is 0. The molecule has 0 fully saturated rings. The van der Waals surface area contributed by atoms with Crippen molar-refractivity contribution in [2.45, 2.75) is 26.2 Å². The first-order chi connectivity index (χ1) is 9.50. The Balaban J connectivity index is 2.36. The number of hydrogen-bond acceptors (Lipinski definition) is 1. The van der Waals surface area contributed by atoms with E-state index < -0.39 is 0 Å². The van der Waals surface area contributed by atoms with Gasteiger partial charge in [0, 0.05) is 11.6 Å². The molecule has 2 aromatic carbocycles. The van der Waals surface area contributed by atoms with Gasteiger partial charge in [0.25, 0.3) is 0 Å². The summed E-state index contributed by atoms with van der Waals surface area (Å²) in [6, 6.07) is 13.2. The molecular weight excluding hydrogens is 242 g/mol. The molecule has 1 nitrogen and oxygen atoms in total. The van der Waals surface area contributed by atoms with E-state index in [9.17, 15) is 0 Å². The molecule has 0 bridgehead atoms. The number of hydrogen-bond donors (Lipinski definition) is 0. The summed E-state index contributed by atoms with van der Waals surface area (Å²) in [5, 5.41) is 4.97. The molecule has 0 spiro atoms. The molecule has 0 amide bonds. The zero-order chi connectivity index (χ0) is 14.3. The minimum absolute atomic E-state index is 0.174. The van der Waals surface area contributed by atoms with E-state index in [-0.39, 0.29) is 5.41 Å². The highest BCUT2D eigenvalue weighted by molar-refractivity contribution is 6.09. The first kappa shape index (κ1) is 12.9. The van der Waals surface area contributed by atoms with Crippen LogP contribution in [-0.4, -0.2) is 4.98 Å². The molecule has 0 aliphatic rings. The Morgan fingerprint density at radius 3 is 2.40 bits per heavy atom. The maximum Gasteiger partial charge on any atom is 0.0702 e. The summed E-state index contributed by atoms with van der Waals surface area (Å²) in [6.07, 6.45) is 3.67. The zero-order valence-corrected chi connectivity index (χ0v) is 12.3. The van der Waals surface area contributed by atoms with Crippen molar-refractivity contribution >= 4 is 27.6 Å². The number of fused-ring (bicyclic) bond motifs is 3. The maximum absolute atomic E-state index is 4.37. The fourth-order valence-electron chi connectivity index (χ4n) is 2.65. The van der Waals surface area contributed by atoms with E-state index in [2.05, 4.69) is 68.7 Å². The minimum Gasteiger partial charge on any atom is -0.256 e. The van der Waals surface area contributed by atoms with Gasteiger partial charge in [-0.05, 0) is 39.3 Å². The lowest BCUT2D eigenvalue weighted by Gasteiger charge is -2.19. The van der Waals surface area contributed by atoms with E-state index >= 15 is 0 Å². The fourth-order valence-corrected chi connectivity index (χ4v) is 2.65. The number of nitrogens with zero attached hydrogens (tertiary/aromatic N) is 1. The third-order valence-corrected chi connectivity index (χ3v) is 3.85. The summed E-state index contributed by atoms with van der Waals surface area (Å²) >= 11 is 0. The number of rotatable bonds is 1. The lowest BCUT2D eigenvalue weighted by molar-refractivity contribution is 0.591. The molecule has 0 aliphatic carbocycles. The molecule has 100 valence electrons. The largest absolute Gasteiger partial charge is 0.256 e. The summed E-state index contributed by atoms with van der Waals surface area (Å²) in [5.41, 5.74) is 2.49. The van der Waals surface area contributed by atoms with E-state index in [0.717, 1.165) is 5.69 Å². The average Bonchev–Trinajstić information content (AvgIpc) is 2.44. The van der Waals surface area contributed by atoms with Crippen LogP contribution in [0.2, 0.25) is 0 Å². The second-order valence-electron chi connectivity index (χ2n) is 6.25. The minimum atomic E-state index is 0.174. The molecule has 3 aromatic rings. The van der Waals surface area contributed by atoms with Crippen LogP contribution in [0.4, 0.5) is 0 Å². The molecule has 0 saturated carbocycles. The van der Waals surface area contributed by atoms with Gasteiger partial charge in [0.05, 0.1) is 5.69 Å². The van der Waals surface area contributed by atoms with Crippen molar-refractivity contribution in [3.8, 4) is 0 Å². The molecule has 0 atom stereocenters. The molecule has 1 heteroatoms. The first-order valence-corrected chi connectivity index (χ1v) is 6.95. The normalized spacial score (nSPS) is 11.9. The van der Waals surface area contributed by atoms with Crippen LogP contribution in [0.1, 0.15) is 32.0 Å². The quantitative estimate of drug-likeness (QED) is 0.540. The van der Waals surface area contributed by atoms with Gasteiger partial charge in [-0.3, -0.25) is 4.98 Å². The lowest BCUT2D eigenvalue weighted by atomic mass is 9.85. The van der Waals surface area contributed by atoms with Gasteiger partial charge in [0.15, 0.2) is 0 Å². The van der Waals surface area contributed by atoms with Crippen molar-refractivity contribution in [2.24, 2.45) is 0 Å². The van der Waals surface area contributed by atoms with Crippen molar-refractivity contribution < 1.29 is 0 Å². The third kappa shape index (κ3) is 2.00. The molecular formula is C19H19N. The number of pyridine rings is 1. The van der Waals surface area contributed by atoms with Crippen LogP contribution in [0.15, 0.2) is 49.2 Å². The van der Waals surface area contributed by atoms with Crippen molar-refractivity contribution in [3.05, 3.63) is 60.4 Å². The van der Waals surface area contributed by atoms with Crippen LogP contribution >= 0.6 is 0 Å². The van der Waals surface area contributed by atoms with E-state index in [1.807, 2.05) is 12.3 Å². The predicted octanol–water partition coefficient (Wildman–Crippen LogP) is 5.33. The monoisotopic (exact) mass is 261 g/mol. The Bertz CT molecular complexity index is 807.